The van der Waals surface area contributed by atoms with Crippen molar-refractivity contribution in [3.8, 4) is 0 Å². The predicted molar refractivity (Wildman–Crippen MR) is 110 cm³/mol. The fraction of sp³-hybridized carbons (Fsp3) is 0.381. The molecule has 0 spiro atoms. The minimum Gasteiger partial charge on any atom is -0.380 e. The summed E-state index contributed by atoms with van der Waals surface area (Å²) < 4.78 is 18.8. The van der Waals surface area contributed by atoms with Gasteiger partial charge in [0, 0.05) is 39.3 Å². The van der Waals surface area contributed by atoms with Crippen molar-refractivity contribution in [1.29, 1.82) is 0 Å². The van der Waals surface area contributed by atoms with E-state index in [0.717, 1.165) is 29.8 Å². The van der Waals surface area contributed by atoms with Crippen LogP contribution in [0.2, 0.25) is 0 Å². The third-order valence-electron chi connectivity index (χ3n) is 4.83. The molecule has 1 fully saturated rings. The highest BCUT2D eigenvalue weighted by molar-refractivity contribution is 5.85. The maximum atomic E-state index is 13.6. The van der Waals surface area contributed by atoms with Crippen molar-refractivity contribution >= 4 is 18.3 Å². The van der Waals surface area contributed by atoms with Gasteiger partial charge in [0.05, 0.1) is 13.2 Å². The molecule has 1 heterocycles. The van der Waals surface area contributed by atoms with Gasteiger partial charge >= 0.3 is 0 Å². The Morgan fingerprint density at radius 1 is 1.25 bits per heavy atom. The van der Waals surface area contributed by atoms with Gasteiger partial charge in [-0.25, -0.2) is 4.39 Å². The fourth-order valence-electron chi connectivity index (χ4n) is 3.44. The van der Waals surface area contributed by atoms with Crippen molar-refractivity contribution in [3.63, 3.8) is 0 Å². The topological polar surface area (TPSA) is 53.6 Å². The number of nitrogens with one attached hydrogen (secondary N) is 2. The van der Waals surface area contributed by atoms with Crippen LogP contribution < -0.4 is 10.6 Å². The maximum absolute atomic E-state index is 13.6. The number of hydrogen-bond acceptors (Lipinski definition) is 4. The van der Waals surface area contributed by atoms with E-state index in [1.54, 1.807) is 19.2 Å². The number of amides is 1. The van der Waals surface area contributed by atoms with Gasteiger partial charge in [0.1, 0.15) is 5.82 Å². The van der Waals surface area contributed by atoms with Crippen molar-refractivity contribution < 1.29 is 13.9 Å². The van der Waals surface area contributed by atoms with Gasteiger partial charge in [-0.15, -0.1) is 12.4 Å². The van der Waals surface area contributed by atoms with Crippen LogP contribution in [0.25, 0.3) is 0 Å². The Bertz CT molecular complexity index is 775. The molecule has 0 radical (unpaired) electrons. The predicted octanol–water partition coefficient (Wildman–Crippen LogP) is 2.66. The summed E-state index contributed by atoms with van der Waals surface area (Å²) in [5, 5.41) is 6.32. The summed E-state index contributed by atoms with van der Waals surface area (Å²) in [5.74, 6) is -0.289. The lowest BCUT2D eigenvalue weighted by Crippen LogP contribution is -2.49. The van der Waals surface area contributed by atoms with Gasteiger partial charge in [0.25, 0.3) is 0 Å². The lowest BCUT2D eigenvalue weighted by molar-refractivity contribution is -0.123. The normalized spacial score (nSPS) is 17.0. The largest absolute Gasteiger partial charge is 0.380 e. The van der Waals surface area contributed by atoms with Crippen LogP contribution in [0, 0.1) is 5.82 Å². The molecule has 1 aliphatic heterocycles. The third-order valence-corrected chi connectivity index (χ3v) is 4.83. The van der Waals surface area contributed by atoms with E-state index in [4.69, 9.17) is 4.74 Å². The number of hydrogen-bond donors (Lipinski definition) is 2. The van der Waals surface area contributed by atoms with Crippen LogP contribution >= 0.6 is 12.4 Å². The molecule has 1 amide bonds. The smallest absolute Gasteiger partial charge is 0.234 e. The van der Waals surface area contributed by atoms with Crippen LogP contribution in [-0.2, 0) is 22.7 Å². The molecule has 1 aliphatic rings. The van der Waals surface area contributed by atoms with Gasteiger partial charge in [-0.1, -0.05) is 36.4 Å². The average Bonchev–Trinajstić information content (AvgIpc) is 2.68. The number of carbonyl (C=O) groups excluding carboxylic acids is 1. The molecule has 7 heteroatoms. The van der Waals surface area contributed by atoms with E-state index in [9.17, 15) is 9.18 Å². The molecule has 0 bridgehead atoms. The first-order valence-electron chi connectivity index (χ1n) is 9.20. The summed E-state index contributed by atoms with van der Waals surface area (Å²) in [6.45, 7) is 3.54. The number of ether oxygens (including phenoxy) is 1. The van der Waals surface area contributed by atoms with Crippen LogP contribution in [-0.4, -0.2) is 44.1 Å². The van der Waals surface area contributed by atoms with E-state index in [1.807, 2.05) is 30.3 Å². The van der Waals surface area contributed by atoms with Gasteiger partial charge in [0.2, 0.25) is 5.91 Å². The average molecular weight is 408 g/mol. The molecule has 1 saturated heterocycles. The molecule has 2 aromatic rings. The minimum absolute atomic E-state index is 0. The Balaban J connectivity index is 0.00000280. The maximum Gasteiger partial charge on any atom is 0.234 e. The molecule has 0 saturated carbocycles. The molecule has 1 unspecified atom stereocenters. The molecule has 2 aromatic carbocycles. The molecule has 152 valence electrons. The molecule has 5 nitrogen and oxygen atoms in total. The fourth-order valence-corrected chi connectivity index (χ4v) is 3.44. The van der Waals surface area contributed by atoms with Gasteiger partial charge in [-0.3, -0.25) is 9.69 Å². The van der Waals surface area contributed by atoms with E-state index >= 15 is 0 Å². The Kier molecular flexibility index (Phi) is 8.86. The first-order chi connectivity index (χ1) is 13.2. The van der Waals surface area contributed by atoms with Gasteiger partial charge < -0.3 is 15.4 Å². The number of halogens is 2. The van der Waals surface area contributed by atoms with Gasteiger partial charge in [-0.05, 0) is 28.8 Å². The molecule has 28 heavy (non-hydrogen) atoms. The van der Waals surface area contributed by atoms with E-state index < -0.39 is 0 Å². The number of benzene rings is 2. The number of nitrogens with zero attached hydrogens (tertiary/aromatic N) is 1. The lowest BCUT2D eigenvalue weighted by Gasteiger charge is -2.36. The number of rotatable bonds is 7. The standard InChI is InChI=1S/C21H26FN3O2.ClH/c1-27-15-18-6-3-2-5-17(18)12-24-21(26)14-25-10-9-23-13-20(25)16-7-4-8-19(22)11-16;/h2-8,11,20,23H,9-10,12-15H2,1H3,(H,24,26);1H. The Morgan fingerprint density at radius 3 is 2.79 bits per heavy atom. The third kappa shape index (κ3) is 6.01. The molecular formula is C21H27ClFN3O2. The van der Waals surface area contributed by atoms with Crippen molar-refractivity contribution in [2.45, 2.75) is 19.2 Å². The van der Waals surface area contributed by atoms with E-state index in [2.05, 4.69) is 15.5 Å². The van der Waals surface area contributed by atoms with Crippen molar-refractivity contribution in [1.82, 2.24) is 15.5 Å². The molecule has 0 aliphatic carbocycles. The molecule has 2 N–H and O–H groups in total. The first-order valence-corrected chi connectivity index (χ1v) is 9.20. The summed E-state index contributed by atoms with van der Waals surface area (Å²) in [6, 6.07) is 14.5. The molecule has 3 rings (SSSR count). The van der Waals surface area contributed by atoms with E-state index in [0.29, 0.717) is 19.7 Å². The highest BCUT2D eigenvalue weighted by Gasteiger charge is 2.25. The quantitative estimate of drug-likeness (QED) is 0.741. The summed E-state index contributed by atoms with van der Waals surface area (Å²) in [4.78, 5) is 14.6. The van der Waals surface area contributed by atoms with Gasteiger partial charge in [0.15, 0.2) is 0 Å². The monoisotopic (exact) mass is 407 g/mol. The molecule has 0 aromatic heterocycles. The highest BCUT2D eigenvalue weighted by atomic mass is 35.5. The van der Waals surface area contributed by atoms with E-state index in [-0.39, 0.29) is 36.7 Å². The second-order valence-electron chi connectivity index (χ2n) is 6.72. The summed E-state index contributed by atoms with van der Waals surface area (Å²) in [7, 11) is 1.66. The van der Waals surface area contributed by atoms with Gasteiger partial charge in [-0.2, -0.15) is 0 Å². The minimum atomic E-state index is -0.253. The zero-order valence-electron chi connectivity index (χ0n) is 16.0. The second kappa shape index (κ2) is 11.1. The van der Waals surface area contributed by atoms with Crippen LogP contribution in [0.15, 0.2) is 48.5 Å². The number of carbonyl (C=O) groups is 1. The number of methoxy groups -OCH3 is 1. The number of piperazine rings is 1. The van der Waals surface area contributed by atoms with Crippen molar-refractivity contribution in [2.75, 3.05) is 33.3 Å². The van der Waals surface area contributed by atoms with Crippen molar-refractivity contribution in [3.05, 3.63) is 71.0 Å². The van der Waals surface area contributed by atoms with Crippen molar-refractivity contribution in [2.24, 2.45) is 0 Å². The first kappa shape index (κ1) is 22.3. The second-order valence-corrected chi connectivity index (χ2v) is 6.72. The van der Waals surface area contributed by atoms with Crippen LogP contribution in [0.3, 0.4) is 0 Å². The van der Waals surface area contributed by atoms with Crippen LogP contribution in [0.1, 0.15) is 22.7 Å². The molecular weight excluding hydrogens is 381 g/mol. The highest BCUT2D eigenvalue weighted by Crippen LogP contribution is 2.22. The van der Waals surface area contributed by atoms with Crippen LogP contribution in [0.4, 0.5) is 4.39 Å². The van der Waals surface area contributed by atoms with E-state index in [1.165, 1.54) is 6.07 Å². The summed E-state index contributed by atoms with van der Waals surface area (Å²) >= 11 is 0. The van der Waals surface area contributed by atoms with Crippen LogP contribution in [0.5, 0.6) is 0 Å². The lowest BCUT2D eigenvalue weighted by atomic mass is 10.0. The Morgan fingerprint density at radius 2 is 2.04 bits per heavy atom. The summed E-state index contributed by atoms with van der Waals surface area (Å²) in [5.41, 5.74) is 3.01. The zero-order chi connectivity index (χ0) is 19.1. The molecule has 1 atom stereocenters. The SMILES string of the molecule is COCc1ccccc1CNC(=O)CN1CCNCC1c1cccc(F)c1.Cl. The Labute approximate surface area is 171 Å². The zero-order valence-corrected chi connectivity index (χ0v) is 16.8. The summed E-state index contributed by atoms with van der Waals surface area (Å²) in [6.07, 6.45) is 0. The Hall–Kier alpha value is -1.99.